The molecule has 0 fully saturated rings. The Balaban J connectivity index is 2.37. The smallest absolute Gasteiger partial charge is 0.415 e. The van der Waals surface area contributed by atoms with Gasteiger partial charge in [0.05, 0.1) is 5.56 Å². The van der Waals surface area contributed by atoms with Crippen LogP contribution in [0.15, 0.2) is 42.5 Å². The summed E-state index contributed by atoms with van der Waals surface area (Å²) in [6.45, 7) is 10.9. The summed E-state index contributed by atoms with van der Waals surface area (Å²) in [7, 11) is 0. The minimum atomic E-state index is -0.575. The number of amides is 1. The van der Waals surface area contributed by atoms with Gasteiger partial charge in [-0.1, -0.05) is 44.5 Å². The molecule has 0 aliphatic rings. The summed E-state index contributed by atoms with van der Waals surface area (Å²) in [5.74, 6) is -0.188. The van der Waals surface area contributed by atoms with E-state index in [1.165, 1.54) is 6.07 Å². The Labute approximate surface area is 171 Å². The highest BCUT2D eigenvalue weighted by molar-refractivity contribution is 6.30. The molecule has 0 radical (unpaired) electrons. The van der Waals surface area contributed by atoms with Crippen LogP contribution in [0.3, 0.4) is 0 Å². The van der Waals surface area contributed by atoms with E-state index in [4.69, 9.17) is 21.1 Å². The first-order valence-electron chi connectivity index (χ1n) is 9.24. The van der Waals surface area contributed by atoms with Gasteiger partial charge in [-0.15, -0.1) is 0 Å². The average molecular weight is 404 g/mol. The quantitative estimate of drug-likeness (QED) is 0.474. The van der Waals surface area contributed by atoms with E-state index in [1.807, 2.05) is 40.7 Å². The Morgan fingerprint density at radius 3 is 2.21 bits per heavy atom. The lowest BCUT2D eigenvalue weighted by atomic mass is 9.87. The lowest BCUT2D eigenvalue weighted by Gasteiger charge is -2.22. The number of ether oxygens (including phenoxy) is 2. The predicted octanol–water partition coefficient (Wildman–Crippen LogP) is 5.70. The molecule has 0 bridgehead atoms. The Hall–Kier alpha value is -2.53. The topological polar surface area (TPSA) is 55.8 Å². The fourth-order valence-corrected chi connectivity index (χ4v) is 2.74. The van der Waals surface area contributed by atoms with Gasteiger partial charge in [0.25, 0.3) is 0 Å². The normalized spacial score (nSPS) is 11.1. The van der Waals surface area contributed by atoms with Crippen LogP contribution in [0.4, 0.5) is 4.79 Å². The van der Waals surface area contributed by atoms with E-state index in [0.717, 1.165) is 5.56 Å². The number of hydrogen-bond acceptors (Lipinski definition) is 4. The molecule has 2 aromatic rings. The van der Waals surface area contributed by atoms with Crippen LogP contribution in [0.25, 0.3) is 0 Å². The molecule has 5 nitrogen and oxygen atoms in total. The number of rotatable bonds is 5. The van der Waals surface area contributed by atoms with Gasteiger partial charge in [-0.2, -0.15) is 0 Å². The van der Waals surface area contributed by atoms with E-state index in [2.05, 4.69) is 0 Å². The number of benzene rings is 2. The molecular weight excluding hydrogens is 378 g/mol. The monoisotopic (exact) mass is 403 g/mol. The number of halogens is 1. The second-order valence-corrected chi connectivity index (χ2v) is 7.79. The molecule has 2 aromatic carbocycles. The second-order valence-electron chi connectivity index (χ2n) is 7.35. The first-order chi connectivity index (χ1) is 13.2. The van der Waals surface area contributed by atoms with Crippen molar-refractivity contribution in [3.63, 3.8) is 0 Å². The van der Waals surface area contributed by atoms with Gasteiger partial charge in [0.1, 0.15) is 0 Å². The van der Waals surface area contributed by atoms with Gasteiger partial charge in [-0.25, -0.2) is 9.59 Å². The first-order valence-corrected chi connectivity index (χ1v) is 9.62. The van der Waals surface area contributed by atoms with Crippen molar-refractivity contribution in [1.29, 1.82) is 0 Å². The zero-order valence-electron chi connectivity index (χ0n) is 16.9. The van der Waals surface area contributed by atoms with Crippen LogP contribution in [0.5, 0.6) is 11.5 Å². The largest absolute Gasteiger partial charge is 0.419 e. The lowest BCUT2D eigenvalue weighted by molar-refractivity contribution is 0.0727. The molecule has 0 spiro atoms. The zero-order valence-corrected chi connectivity index (χ0v) is 17.7. The van der Waals surface area contributed by atoms with Gasteiger partial charge >= 0.3 is 12.1 Å². The Morgan fingerprint density at radius 1 is 0.964 bits per heavy atom. The third-order valence-corrected chi connectivity index (χ3v) is 4.53. The zero-order chi connectivity index (χ0) is 20.9. The maximum absolute atomic E-state index is 12.6. The fourth-order valence-electron chi connectivity index (χ4n) is 2.55. The van der Waals surface area contributed by atoms with Gasteiger partial charge < -0.3 is 14.4 Å². The minimum Gasteiger partial charge on any atom is -0.419 e. The van der Waals surface area contributed by atoms with E-state index in [9.17, 15) is 9.59 Å². The standard InChI is InChI=1S/C22H26ClNO4/c1-6-24(7-2)21(26)28-18-12-11-16(22(3,4)5)14-19(18)27-20(25)15-9-8-10-17(23)13-15/h8-14H,6-7H2,1-5H3. The second kappa shape index (κ2) is 9.11. The SMILES string of the molecule is CCN(CC)C(=O)Oc1ccc(C(C)(C)C)cc1OC(=O)c1cccc(Cl)c1. The molecule has 0 N–H and O–H groups in total. The van der Waals surface area contributed by atoms with Crippen LogP contribution in [-0.4, -0.2) is 30.1 Å². The molecule has 2 rings (SSSR count). The molecule has 0 unspecified atom stereocenters. The van der Waals surface area contributed by atoms with Crippen molar-refractivity contribution in [1.82, 2.24) is 4.90 Å². The van der Waals surface area contributed by atoms with Crippen LogP contribution in [0.2, 0.25) is 5.02 Å². The summed E-state index contributed by atoms with van der Waals surface area (Å²) >= 11 is 5.96. The molecule has 0 aliphatic carbocycles. The summed E-state index contributed by atoms with van der Waals surface area (Å²) in [6.07, 6.45) is -0.492. The van der Waals surface area contributed by atoms with Crippen molar-refractivity contribution in [2.75, 3.05) is 13.1 Å². The van der Waals surface area contributed by atoms with E-state index in [1.54, 1.807) is 35.2 Å². The minimum absolute atomic E-state index is 0.168. The first kappa shape index (κ1) is 21.8. The van der Waals surface area contributed by atoms with Crippen LogP contribution in [-0.2, 0) is 5.41 Å². The third kappa shape index (κ3) is 5.49. The van der Waals surface area contributed by atoms with Gasteiger partial charge in [-0.3, -0.25) is 0 Å². The molecule has 6 heteroatoms. The molecule has 0 saturated heterocycles. The molecule has 0 saturated carbocycles. The van der Waals surface area contributed by atoms with E-state index in [-0.39, 0.29) is 16.9 Å². The maximum atomic E-state index is 12.6. The molecule has 1 amide bonds. The fraction of sp³-hybridized carbons (Fsp3) is 0.364. The van der Waals surface area contributed by atoms with Crippen LogP contribution in [0, 0.1) is 0 Å². The molecular formula is C22H26ClNO4. The van der Waals surface area contributed by atoms with E-state index < -0.39 is 12.1 Å². The lowest BCUT2D eigenvalue weighted by Crippen LogP contribution is -2.33. The summed E-state index contributed by atoms with van der Waals surface area (Å²) in [5.41, 5.74) is 1.09. The number of esters is 1. The highest BCUT2D eigenvalue weighted by Gasteiger charge is 2.22. The van der Waals surface area contributed by atoms with E-state index >= 15 is 0 Å². The number of carbonyl (C=O) groups excluding carboxylic acids is 2. The highest BCUT2D eigenvalue weighted by atomic mass is 35.5. The summed E-state index contributed by atoms with van der Waals surface area (Å²) in [4.78, 5) is 26.5. The van der Waals surface area contributed by atoms with Crippen molar-refractivity contribution in [2.45, 2.75) is 40.0 Å². The molecule has 0 heterocycles. The van der Waals surface area contributed by atoms with Crippen LogP contribution >= 0.6 is 11.6 Å². The van der Waals surface area contributed by atoms with Crippen molar-refractivity contribution < 1.29 is 19.1 Å². The summed E-state index contributed by atoms with van der Waals surface area (Å²) in [5, 5.41) is 0.436. The maximum Gasteiger partial charge on any atom is 0.415 e. The summed E-state index contributed by atoms with van der Waals surface area (Å²) in [6, 6.07) is 11.7. The number of nitrogens with zero attached hydrogens (tertiary/aromatic N) is 1. The predicted molar refractivity (Wildman–Crippen MR) is 110 cm³/mol. The molecule has 28 heavy (non-hydrogen) atoms. The Morgan fingerprint density at radius 2 is 1.64 bits per heavy atom. The summed E-state index contributed by atoms with van der Waals surface area (Å²) < 4.78 is 11.1. The highest BCUT2D eigenvalue weighted by Crippen LogP contribution is 2.34. The van der Waals surface area contributed by atoms with Gasteiger partial charge in [0, 0.05) is 18.1 Å². The Kier molecular flexibility index (Phi) is 7.08. The molecule has 0 atom stereocenters. The Bertz CT molecular complexity index is 854. The number of carbonyl (C=O) groups is 2. The van der Waals surface area contributed by atoms with Crippen molar-refractivity contribution in [2.24, 2.45) is 0 Å². The average Bonchev–Trinajstić information content (AvgIpc) is 2.63. The third-order valence-electron chi connectivity index (χ3n) is 4.29. The van der Waals surface area contributed by atoms with Crippen LogP contribution in [0.1, 0.15) is 50.5 Å². The number of hydrogen-bond donors (Lipinski definition) is 0. The van der Waals surface area contributed by atoms with Crippen molar-refractivity contribution in [3.05, 3.63) is 58.6 Å². The molecule has 150 valence electrons. The van der Waals surface area contributed by atoms with Crippen molar-refractivity contribution >= 4 is 23.7 Å². The van der Waals surface area contributed by atoms with Gasteiger partial charge in [-0.05, 0) is 55.2 Å². The van der Waals surface area contributed by atoms with Crippen molar-refractivity contribution in [3.8, 4) is 11.5 Å². The van der Waals surface area contributed by atoms with Gasteiger partial charge in [0.15, 0.2) is 11.5 Å². The molecule has 0 aliphatic heterocycles. The molecule has 0 aromatic heterocycles. The van der Waals surface area contributed by atoms with Gasteiger partial charge in [0.2, 0.25) is 0 Å². The van der Waals surface area contributed by atoms with E-state index in [0.29, 0.717) is 23.7 Å². The van der Waals surface area contributed by atoms with Crippen LogP contribution < -0.4 is 9.47 Å².